The Balaban J connectivity index is 0.000000186. The second-order valence-electron chi connectivity index (χ2n) is 12.8. The van der Waals surface area contributed by atoms with E-state index < -0.39 is 35.3 Å². The Morgan fingerprint density at radius 3 is 1.27 bits per heavy atom. The molecule has 0 aliphatic carbocycles. The number of carbonyl (C=O) groups excluding carboxylic acids is 2. The number of anilines is 2. The summed E-state index contributed by atoms with van der Waals surface area (Å²) in [6.45, 7) is 0. The van der Waals surface area contributed by atoms with Gasteiger partial charge in [-0.3, -0.25) is 19.4 Å². The first-order valence-electron chi connectivity index (χ1n) is 17.3. The maximum absolute atomic E-state index is 13.0. The highest BCUT2D eigenvalue weighted by atomic mass is 35.5. The van der Waals surface area contributed by atoms with Crippen molar-refractivity contribution in [1.29, 1.82) is 0 Å². The van der Waals surface area contributed by atoms with Crippen LogP contribution in [0.1, 0.15) is 22.6 Å². The lowest BCUT2D eigenvalue weighted by Crippen LogP contribution is -2.27. The van der Waals surface area contributed by atoms with E-state index in [0.29, 0.717) is 54.3 Å². The molecule has 2 fully saturated rings. The fraction of sp³-hybridized carbons (Fsp3) is 0.0476. The minimum Gasteiger partial charge on any atom is -0.457 e. The summed E-state index contributed by atoms with van der Waals surface area (Å²) in [7, 11) is 0. The average molecular weight is 1000 g/mol. The fourth-order valence-electron chi connectivity index (χ4n) is 5.81. The van der Waals surface area contributed by atoms with Crippen LogP contribution in [0, 0.1) is 0 Å². The molecule has 316 valence electrons. The van der Waals surface area contributed by atoms with Crippen molar-refractivity contribution < 1.29 is 44.8 Å². The first-order valence-corrected chi connectivity index (χ1v) is 21.2. The number of thioether (sulfide) groups is 2. The molecule has 2 aliphatic heterocycles. The van der Waals surface area contributed by atoms with Gasteiger partial charge in [0.05, 0.1) is 42.4 Å². The third-order valence-corrected chi connectivity index (χ3v) is 12.3. The van der Waals surface area contributed by atoms with Crippen molar-refractivity contribution in [2.45, 2.75) is 12.4 Å². The zero-order valence-electron chi connectivity index (χ0n) is 30.5. The summed E-state index contributed by atoms with van der Waals surface area (Å²) in [5.41, 5.74) is -0.371. The van der Waals surface area contributed by atoms with Crippen molar-refractivity contribution in [1.82, 2.24) is 0 Å². The molecule has 0 bridgehead atoms. The largest absolute Gasteiger partial charge is 0.457 e. The van der Waals surface area contributed by atoms with Crippen LogP contribution in [0.15, 0.2) is 128 Å². The fourth-order valence-corrected chi connectivity index (χ4v) is 9.37. The smallest absolute Gasteiger partial charge is 0.416 e. The summed E-state index contributed by atoms with van der Waals surface area (Å²) in [5.74, 6) is 0.618. The molecule has 2 aromatic heterocycles. The van der Waals surface area contributed by atoms with Crippen molar-refractivity contribution in [3.63, 3.8) is 0 Å². The summed E-state index contributed by atoms with van der Waals surface area (Å²) < 4.78 is 89.9. The number of carbonyl (C=O) groups is 2. The monoisotopic (exact) mass is 998 g/mol. The molecular weight excluding hydrogens is 981 g/mol. The van der Waals surface area contributed by atoms with Crippen LogP contribution in [0.2, 0.25) is 20.1 Å². The second-order valence-corrected chi connectivity index (χ2v) is 17.8. The molecular formula is C42H20Cl4F6N2O4S4. The minimum absolute atomic E-state index is 0.0498. The molecule has 20 heteroatoms. The summed E-state index contributed by atoms with van der Waals surface area (Å²) in [4.78, 5) is 28.3. The number of halogens is 10. The highest BCUT2D eigenvalue weighted by Gasteiger charge is 2.38. The van der Waals surface area contributed by atoms with E-state index in [1.165, 1.54) is 36.4 Å². The topological polar surface area (TPSA) is 66.9 Å². The SMILES string of the molecule is O=C1C(=Cc2ccc(-c3ccc(Cl)cc3Cl)o2)SC(=S)N1c1cccc(C(F)(F)F)c1.O=C1C(=Cc2ccc(-c3ccc(Cl)cc3Cl)o2)SC(=S)N1c1cccc(C(F)(F)F)c1. The number of benzene rings is 4. The lowest BCUT2D eigenvalue weighted by Gasteiger charge is -2.16. The number of amides is 2. The quantitative estimate of drug-likeness (QED) is 0.0929. The Bertz CT molecular complexity index is 2670. The van der Waals surface area contributed by atoms with Crippen LogP contribution < -0.4 is 9.80 Å². The normalized spacial score (nSPS) is 15.9. The Morgan fingerprint density at radius 2 is 0.919 bits per heavy atom. The standard InChI is InChI=1S/2C21H10Cl2F3NO2S2/c2*22-12-4-6-15(16(23)9-12)17-7-5-14(29-17)10-18-19(28)27(20(30)31-18)13-3-1-2-11(8-13)21(24,25)26/h2*1-10H. The van der Waals surface area contributed by atoms with Crippen LogP contribution in [-0.4, -0.2) is 20.5 Å². The van der Waals surface area contributed by atoms with Gasteiger partial charge in [-0.25, -0.2) is 0 Å². The molecule has 2 saturated heterocycles. The van der Waals surface area contributed by atoms with Crippen LogP contribution in [-0.2, 0) is 21.9 Å². The van der Waals surface area contributed by atoms with Gasteiger partial charge in [-0.05, 0) is 97.1 Å². The van der Waals surface area contributed by atoms with Gasteiger partial charge in [0.15, 0.2) is 8.64 Å². The number of rotatable bonds is 6. The van der Waals surface area contributed by atoms with E-state index in [4.69, 9.17) is 79.7 Å². The minimum atomic E-state index is -4.53. The van der Waals surface area contributed by atoms with E-state index >= 15 is 0 Å². The van der Waals surface area contributed by atoms with E-state index in [0.717, 1.165) is 57.6 Å². The predicted octanol–water partition coefficient (Wildman–Crippen LogP) is 15.4. The lowest BCUT2D eigenvalue weighted by molar-refractivity contribution is -0.138. The van der Waals surface area contributed by atoms with E-state index in [1.54, 1.807) is 60.7 Å². The Morgan fingerprint density at radius 1 is 0.532 bits per heavy atom. The summed E-state index contributed by atoms with van der Waals surface area (Å²) in [5, 5.41) is 1.78. The Kier molecular flexibility index (Phi) is 13.4. The molecule has 6 aromatic rings. The van der Waals surface area contributed by atoms with E-state index in [1.807, 2.05) is 0 Å². The number of nitrogens with zero attached hydrogens (tertiary/aromatic N) is 2. The van der Waals surface area contributed by atoms with Gasteiger partial charge >= 0.3 is 12.4 Å². The highest BCUT2D eigenvalue weighted by molar-refractivity contribution is 8.27. The zero-order chi connectivity index (χ0) is 44.7. The van der Waals surface area contributed by atoms with Gasteiger partial charge in [0, 0.05) is 33.3 Å². The summed E-state index contributed by atoms with van der Waals surface area (Å²) >= 11 is 36.6. The van der Waals surface area contributed by atoms with Crippen molar-refractivity contribution in [2.75, 3.05) is 9.80 Å². The van der Waals surface area contributed by atoms with Crippen molar-refractivity contribution >= 4 is 138 Å². The molecule has 4 aromatic carbocycles. The molecule has 0 unspecified atom stereocenters. The maximum atomic E-state index is 13.0. The van der Waals surface area contributed by atoms with Gasteiger partial charge in [0.1, 0.15) is 23.0 Å². The van der Waals surface area contributed by atoms with Gasteiger partial charge in [-0.2, -0.15) is 26.3 Å². The number of furan rings is 2. The van der Waals surface area contributed by atoms with Gasteiger partial charge in [-0.1, -0.05) is 106 Å². The summed E-state index contributed by atoms with van der Waals surface area (Å²) in [6.07, 6.45) is -6.08. The highest BCUT2D eigenvalue weighted by Crippen LogP contribution is 2.41. The summed E-state index contributed by atoms with van der Waals surface area (Å²) in [6, 6.07) is 25.5. The van der Waals surface area contributed by atoms with Gasteiger partial charge in [-0.15, -0.1) is 0 Å². The van der Waals surface area contributed by atoms with Gasteiger partial charge < -0.3 is 8.83 Å². The maximum Gasteiger partial charge on any atom is 0.416 e. The number of alkyl halides is 6. The van der Waals surface area contributed by atoms with Crippen LogP contribution in [0.3, 0.4) is 0 Å². The second kappa shape index (κ2) is 18.3. The molecule has 2 aliphatic rings. The number of hydrogen-bond acceptors (Lipinski definition) is 8. The first-order chi connectivity index (χ1) is 29.3. The third kappa shape index (κ3) is 10.1. The number of thiocarbonyl (C=S) groups is 2. The molecule has 0 radical (unpaired) electrons. The van der Waals surface area contributed by atoms with Crippen LogP contribution in [0.5, 0.6) is 0 Å². The van der Waals surface area contributed by atoms with Crippen LogP contribution in [0.4, 0.5) is 37.7 Å². The molecule has 4 heterocycles. The lowest BCUT2D eigenvalue weighted by atomic mass is 10.2. The molecule has 2 amide bonds. The van der Waals surface area contributed by atoms with Gasteiger partial charge in [0.2, 0.25) is 0 Å². The van der Waals surface area contributed by atoms with Gasteiger partial charge in [0.25, 0.3) is 11.8 Å². The van der Waals surface area contributed by atoms with Crippen LogP contribution in [0.25, 0.3) is 34.8 Å². The molecule has 0 spiro atoms. The van der Waals surface area contributed by atoms with E-state index in [2.05, 4.69) is 0 Å². The Hall–Kier alpha value is -4.52. The van der Waals surface area contributed by atoms with Crippen LogP contribution >= 0.6 is 94.4 Å². The third-order valence-electron chi connectivity index (χ3n) is 8.64. The molecule has 6 nitrogen and oxygen atoms in total. The molecule has 62 heavy (non-hydrogen) atoms. The zero-order valence-corrected chi connectivity index (χ0v) is 36.8. The number of hydrogen-bond donors (Lipinski definition) is 0. The van der Waals surface area contributed by atoms with Crippen molar-refractivity contribution in [3.8, 4) is 22.6 Å². The molecule has 8 rings (SSSR count). The van der Waals surface area contributed by atoms with E-state index in [-0.39, 0.29) is 29.8 Å². The van der Waals surface area contributed by atoms with E-state index in [9.17, 15) is 35.9 Å². The molecule has 0 N–H and O–H groups in total. The predicted molar refractivity (Wildman–Crippen MR) is 243 cm³/mol. The van der Waals surface area contributed by atoms with Crippen molar-refractivity contribution in [2.24, 2.45) is 0 Å². The first kappa shape index (κ1) is 45.5. The molecule has 0 saturated carbocycles. The average Bonchev–Trinajstić information content (AvgIpc) is 3.98. The Labute approximate surface area is 387 Å². The molecule has 0 atom stereocenters. The van der Waals surface area contributed by atoms with Crippen molar-refractivity contribution in [3.05, 3.63) is 162 Å².